The fourth-order valence-corrected chi connectivity index (χ4v) is 2.35. The van der Waals surface area contributed by atoms with Gasteiger partial charge >= 0.3 is 0 Å². The van der Waals surface area contributed by atoms with Crippen LogP contribution in [0.15, 0.2) is 24.5 Å². The van der Waals surface area contributed by atoms with Crippen LogP contribution < -0.4 is 5.32 Å². The van der Waals surface area contributed by atoms with Gasteiger partial charge in [-0.2, -0.15) is 9.97 Å². The number of aromatic nitrogens is 4. The second-order valence-corrected chi connectivity index (χ2v) is 5.15. The van der Waals surface area contributed by atoms with Crippen LogP contribution in [0.25, 0.3) is 11.2 Å². The van der Waals surface area contributed by atoms with Gasteiger partial charge in [-0.3, -0.25) is 10.1 Å². The van der Waals surface area contributed by atoms with Crippen molar-refractivity contribution in [2.45, 2.75) is 6.92 Å². The molecule has 2 N–H and O–H groups in total. The average molecular weight is 322 g/mol. The van der Waals surface area contributed by atoms with E-state index in [2.05, 4.69) is 25.3 Å². The maximum Gasteiger partial charge on any atom is 0.258 e. The summed E-state index contributed by atoms with van der Waals surface area (Å²) in [4.78, 5) is 27.2. The lowest BCUT2D eigenvalue weighted by Gasteiger charge is -2.07. The van der Waals surface area contributed by atoms with Crippen molar-refractivity contribution in [1.29, 1.82) is 0 Å². The first-order chi connectivity index (χ1) is 10.0. The fraction of sp³-hybridized carbons (Fsp3) is 0.0769. The van der Waals surface area contributed by atoms with E-state index >= 15 is 0 Å². The second-order valence-electron chi connectivity index (χ2n) is 4.35. The molecule has 21 heavy (non-hydrogen) atoms. The van der Waals surface area contributed by atoms with E-state index in [1.807, 2.05) is 0 Å². The van der Waals surface area contributed by atoms with Gasteiger partial charge in [-0.1, -0.05) is 23.2 Å². The molecule has 1 amide bonds. The first-order valence-electron chi connectivity index (χ1n) is 5.99. The van der Waals surface area contributed by atoms with Crippen molar-refractivity contribution in [2.75, 3.05) is 5.32 Å². The number of nitrogens with one attached hydrogen (secondary N) is 2. The van der Waals surface area contributed by atoms with Gasteiger partial charge in [-0.15, -0.1) is 0 Å². The Morgan fingerprint density at radius 3 is 2.86 bits per heavy atom. The molecule has 106 valence electrons. The summed E-state index contributed by atoms with van der Waals surface area (Å²) in [6.45, 7) is 1.80. The lowest BCUT2D eigenvalue weighted by Crippen LogP contribution is -2.15. The van der Waals surface area contributed by atoms with Gasteiger partial charge in [0.05, 0.1) is 6.33 Å². The number of rotatable bonds is 2. The maximum atomic E-state index is 12.2. The molecule has 2 aromatic heterocycles. The number of hydrogen-bond acceptors (Lipinski definition) is 4. The van der Waals surface area contributed by atoms with Gasteiger partial charge in [0.1, 0.15) is 5.52 Å². The summed E-state index contributed by atoms with van der Waals surface area (Å²) < 4.78 is 0. The lowest BCUT2D eigenvalue weighted by molar-refractivity contribution is 0.102. The van der Waals surface area contributed by atoms with Crippen molar-refractivity contribution in [3.05, 3.63) is 45.8 Å². The Morgan fingerprint density at radius 1 is 1.29 bits per heavy atom. The fourth-order valence-electron chi connectivity index (χ4n) is 1.90. The van der Waals surface area contributed by atoms with Crippen LogP contribution in [-0.2, 0) is 0 Å². The summed E-state index contributed by atoms with van der Waals surface area (Å²) in [6.07, 6.45) is 1.46. The highest BCUT2D eigenvalue weighted by Crippen LogP contribution is 2.20. The summed E-state index contributed by atoms with van der Waals surface area (Å²) in [5, 5.41) is 3.36. The van der Waals surface area contributed by atoms with Crippen LogP contribution in [0.5, 0.6) is 0 Å². The normalized spacial score (nSPS) is 10.8. The topological polar surface area (TPSA) is 83.6 Å². The molecule has 2 heterocycles. The zero-order valence-corrected chi connectivity index (χ0v) is 12.3. The minimum Gasteiger partial charge on any atom is -0.341 e. The van der Waals surface area contributed by atoms with E-state index < -0.39 is 0 Å². The molecule has 3 aromatic rings. The van der Waals surface area contributed by atoms with Gasteiger partial charge in [0.15, 0.2) is 10.8 Å². The van der Waals surface area contributed by atoms with Crippen molar-refractivity contribution in [3.8, 4) is 0 Å². The molecule has 0 radical (unpaired) electrons. The molecule has 8 heteroatoms. The molecule has 0 unspecified atom stereocenters. The number of carbonyl (C=O) groups excluding carboxylic acids is 1. The van der Waals surface area contributed by atoms with Crippen LogP contribution >= 0.6 is 23.2 Å². The van der Waals surface area contributed by atoms with Gasteiger partial charge in [0, 0.05) is 10.6 Å². The summed E-state index contributed by atoms with van der Waals surface area (Å²) in [6, 6.07) is 5.00. The molecule has 0 saturated heterocycles. The lowest BCUT2D eigenvalue weighted by atomic mass is 10.1. The van der Waals surface area contributed by atoms with Crippen LogP contribution in [-0.4, -0.2) is 25.8 Å². The predicted octanol–water partition coefficient (Wildman–Crippen LogP) is 3.22. The molecule has 1 aromatic carbocycles. The standard InChI is InChI=1S/C13H9Cl2N5O/c1-6-4-7(14)2-3-8(6)12(21)20-13-18-10(15)9-11(19-13)17-5-16-9/h2-5H,1H3,(H2,16,17,18,19,20,21). The summed E-state index contributed by atoms with van der Waals surface area (Å²) in [5.41, 5.74) is 2.16. The zero-order chi connectivity index (χ0) is 15.0. The van der Waals surface area contributed by atoms with Crippen LogP contribution in [0.1, 0.15) is 15.9 Å². The average Bonchev–Trinajstić information content (AvgIpc) is 2.87. The Morgan fingerprint density at radius 2 is 2.10 bits per heavy atom. The monoisotopic (exact) mass is 321 g/mol. The minimum atomic E-state index is -0.338. The molecular weight excluding hydrogens is 313 g/mol. The summed E-state index contributed by atoms with van der Waals surface area (Å²) >= 11 is 11.9. The highest BCUT2D eigenvalue weighted by atomic mass is 35.5. The Kier molecular flexibility index (Phi) is 3.48. The van der Waals surface area contributed by atoms with Gasteiger partial charge in [0.2, 0.25) is 5.95 Å². The van der Waals surface area contributed by atoms with Crippen molar-refractivity contribution in [1.82, 2.24) is 19.9 Å². The highest BCUT2D eigenvalue weighted by Gasteiger charge is 2.13. The van der Waals surface area contributed by atoms with E-state index in [-0.39, 0.29) is 17.0 Å². The second kappa shape index (κ2) is 5.31. The number of aryl methyl sites for hydroxylation is 1. The van der Waals surface area contributed by atoms with E-state index in [0.29, 0.717) is 21.7 Å². The maximum absolute atomic E-state index is 12.2. The number of hydrogen-bond donors (Lipinski definition) is 2. The first-order valence-corrected chi connectivity index (χ1v) is 6.74. The van der Waals surface area contributed by atoms with Crippen molar-refractivity contribution in [3.63, 3.8) is 0 Å². The third-order valence-electron chi connectivity index (χ3n) is 2.90. The molecule has 0 saturated carbocycles. The molecule has 3 rings (SSSR count). The molecular formula is C13H9Cl2N5O. The predicted molar refractivity (Wildman–Crippen MR) is 80.8 cm³/mol. The molecule has 6 nitrogen and oxygen atoms in total. The van der Waals surface area contributed by atoms with Crippen molar-refractivity contribution >= 4 is 46.2 Å². The van der Waals surface area contributed by atoms with E-state index in [1.54, 1.807) is 25.1 Å². The number of amides is 1. The van der Waals surface area contributed by atoms with Crippen molar-refractivity contribution < 1.29 is 4.79 Å². The van der Waals surface area contributed by atoms with Gasteiger partial charge in [-0.25, -0.2) is 4.98 Å². The number of halogens is 2. The van der Waals surface area contributed by atoms with Crippen LogP contribution in [0, 0.1) is 6.92 Å². The van der Waals surface area contributed by atoms with E-state index in [0.717, 1.165) is 5.56 Å². The third kappa shape index (κ3) is 2.68. The first kappa shape index (κ1) is 13.8. The van der Waals surface area contributed by atoms with Crippen LogP contribution in [0.3, 0.4) is 0 Å². The summed E-state index contributed by atoms with van der Waals surface area (Å²) in [7, 11) is 0. The van der Waals surface area contributed by atoms with Crippen molar-refractivity contribution in [2.24, 2.45) is 0 Å². The zero-order valence-electron chi connectivity index (χ0n) is 10.8. The molecule has 0 fully saturated rings. The Labute approximate surface area is 129 Å². The number of imidazole rings is 1. The summed E-state index contributed by atoms with van der Waals surface area (Å²) in [5.74, 6) is -0.242. The molecule has 0 spiro atoms. The third-order valence-corrected chi connectivity index (χ3v) is 3.41. The molecule has 0 atom stereocenters. The minimum absolute atomic E-state index is 0.0963. The Balaban J connectivity index is 1.92. The van der Waals surface area contributed by atoms with E-state index in [1.165, 1.54) is 6.33 Å². The van der Waals surface area contributed by atoms with Gasteiger partial charge < -0.3 is 4.98 Å². The molecule has 0 aliphatic carbocycles. The molecule has 0 aliphatic heterocycles. The number of nitrogens with zero attached hydrogens (tertiary/aromatic N) is 3. The van der Waals surface area contributed by atoms with Gasteiger partial charge in [0.25, 0.3) is 5.91 Å². The highest BCUT2D eigenvalue weighted by molar-refractivity contribution is 6.33. The SMILES string of the molecule is Cc1cc(Cl)ccc1C(=O)Nc1nc(Cl)c2[nH]cnc2n1. The van der Waals surface area contributed by atoms with Gasteiger partial charge in [-0.05, 0) is 30.7 Å². The number of H-pyrrole nitrogens is 1. The molecule has 0 aliphatic rings. The van der Waals surface area contributed by atoms with Crippen LogP contribution in [0.4, 0.5) is 5.95 Å². The van der Waals surface area contributed by atoms with Crippen LogP contribution in [0.2, 0.25) is 10.2 Å². The Bertz CT molecular complexity index is 846. The molecule has 0 bridgehead atoms. The number of aromatic amines is 1. The number of fused-ring (bicyclic) bond motifs is 1. The largest absolute Gasteiger partial charge is 0.341 e. The quantitative estimate of drug-likeness (QED) is 0.710. The number of anilines is 1. The Hall–Kier alpha value is -2.18. The smallest absolute Gasteiger partial charge is 0.258 e. The van der Waals surface area contributed by atoms with E-state index in [4.69, 9.17) is 23.2 Å². The number of carbonyl (C=O) groups is 1. The number of benzene rings is 1. The van der Waals surface area contributed by atoms with E-state index in [9.17, 15) is 4.79 Å².